The van der Waals surface area contributed by atoms with Gasteiger partial charge in [-0.25, -0.2) is 0 Å². The average Bonchev–Trinajstić information content (AvgIpc) is 1.84. The van der Waals surface area contributed by atoms with Crippen LogP contribution in [0.2, 0.25) is 0 Å². The molecule has 0 fully saturated rings. The van der Waals surface area contributed by atoms with E-state index >= 15 is 0 Å². The zero-order chi connectivity index (χ0) is 6.57. The third-order valence-electron chi connectivity index (χ3n) is 1.21. The second-order valence-corrected chi connectivity index (χ2v) is 1.79. The van der Waals surface area contributed by atoms with Crippen LogP contribution in [0.25, 0.3) is 0 Å². The van der Waals surface area contributed by atoms with Crippen molar-refractivity contribution in [1.82, 2.24) is 5.32 Å². The lowest BCUT2D eigenvalue weighted by atomic mass is 10.2. The van der Waals surface area contributed by atoms with Gasteiger partial charge in [0, 0.05) is 18.8 Å². The standard InChI is InChI=1S/C6H14N2/c1-4-6(7)5(2)8-3/h6,8H,2,4,7H2,1,3H3. The zero-order valence-corrected chi connectivity index (χ0v) is 5.57. The van der Waals surface area contributed by atoms with Gasteiger partial charge in [0.2, 0.25) is 0 Å². The molecule has 0 aliphatic rings. The Hall–Kier alpha value is -0.500. The fourth-order valence-electron chi connectivity index (χ4n) is 0.432. The Morgan fingerprint density at radius 2 is 2.38 bits per heavy atom. The maximum absolute atomic E-state index is 5.56. The van der Waals surface area contributed by atoms with E-state index < -0.39 is 0 Å². The molecular formula is C6H14N2. The normalized spacial score (nSPS) is 12.9. The Kier molecular flexibility index (Phi) is 3.28. The number of nitrogens with one attached hydrogen (secondary N) is 1. The van der Waals surface area contributed by atoms with Crippen LogP contribution in [0.5, 0.6) is 0 Å². The minimum Gasteiger partial charge on any atom is -0.391 e. The quantitative estimate of drug-likeness (QED) is 0.559. The molecule has 0 aliphatic carbocycles. The number of rotatable bonds is 3. The third-order valence-corrected chi connectivity index (χ3v) is 1.21. The molecule has 8 heavy (non-hydrogen) atoms. The van der Waals surface area contributed by atoms with Gasteiger partial charge in [-0.05, 0) is 6.42 Å². The molecule has 0 spiro atoms. The maximum Gasteiger partial charge on any atom is 0.0435 e. The summed E-state index contributed by atoms with van der Waals surface area (Å²) in [5.74, 6) is 0. The van der Waals surface area contributed by atoms with E-state index in [-0.39, 0.29) is 6.04 Å². The summed E-state index contributed by atoms with van der Waals surface area (Å²) in [5.41, 5.74) is 6.47. The van der Waals surface area contributed by atoms with Crippen molar-refractivity contribution in [2.45, 2.75) is 19.4 Å². The molecule has 2 nitrogen and oxygen atoms in total. The fraction of sp³-hybridized carbons (Fsp3) is 0.667. The number of likely N-dealkylation sites (N-methyl/N-ethyl adjacent to an activating group) is 1. The van der Waals surface area contributed by atoms with Gasteiger partial charge in [0.15, 0.2) is 0 Å². The third kappa shape index (κ3) is 1.98. The molecule has 0 aromatic rings. The largest absolute Gasteiger partial charge is 0.391 e. The van der Waals surface area contributed by atoms with Crippen LogP contribution in [-0.2, 0) is 0 Å². The lowest BCUT2D eigenvalue weighted by Gasteiger charge is -2.10. The summed E-state index contributed by atoms with van der Waals surface area (Å²) in [7, 11) is 1.83. The van der Waals surface area contributed by atoms with Crippen molar-refractivity contribution in [2.75, 3.05) is 7.05 Å². The van der Waals surface area contributed by atoms with Crippen molar-refractivity contribution in [3.05, 3.63) is 12.3 Å². The van der Waals surface area contributed by atoms with Crippen LogP contribution in [0.1, 0.15) is 13.3 Å². The second kappa shape index (κ2) is 3.50. The van der Waals surface area contributed by atoms with Gasteiger partial charge < -0.3 is 11.1 Å². The van der Waals surface area contributed by atoms with E-state index in [0.29, 0.717) is 0 Å². The SMILES string of the molecule is C=C(NC)C(N)CC. The van der Waals surface area contributed by atoms with Gasteiger partial charge in [-0.1, -0.05) is 13.5 Å². The van der Waals surface area contributed by atoms with Crippen molar-refractivity contribution >= 4 is 0 Å². The molecule has 0 aromatic heterocycles. The highest BCUT2D eigenvalue weighted by Crippen LogP contribution is 1.93. The first kappa shape index (κ1) is 7.50. The van der Waals surface area contributed by atoms with Crippen LogP contribution >= 0.6 is 0 Å². The van der Waals surface area contributed by atoms with E-state index in [1.165, 1.54) is 0 Å². The molecule has 0 radical (unpaired) electrons. The molecule has 0 heterocycles. The van der Waals surface area contributed by atoms with Crippen molar-refractivity contribution in [2.24, 2.45) is 5.73 Å². The van der Waals surface area contributed by atoms with Gasteiger partial charge in [0.25, 0.3) is 0 Å². The molecule has 0 aliphatic heterocycles. The van der Waals surface area contributed by atoms with Crippen molar-refractivity contribution in [3.8, 4) is 0 Å². The van der Waals surface area contributed by atoms with E-state index in [1.807, 2.05) is 14.0 Å². The van der Waals surface area contributed by atoms with Crippen LogP contribution in [0.3, 0.4) is 0 Å². The van der Waals surface area contributed by atoms with Crippen molar-refractivity contribution in [1.29, 1.82) is 0 Å². The number of nitrogens with two attached hydrogens (primary N) is 1. The molecule has 0 saturated heterocycles. The molecule has 0 rings (SSSR count). The van der Waals surface area contributed by atoms with Gasteiger partial charge in [0.05, 0.1) is 0 Å². The van der Waals surface area contributed by atoms with Crippen molar-refractivity contribution in [3.63, 3.8) is 0 Å². The molecule has 48 valence electrons. The Morgan fingerprint density at radius 3 is 2.50 bits per heavy atom. The predicted octanol–water partition coefficient (Wildman–Crippen LogP) is 0.457. The molecule has 0 bridgehead atoms. The van der Waals surface area contributed by atoms with E-state index in [0.717, 1.165) is 12.1 Å². The van der Waals surface area contributed by atoms with Crippen LogP contribution < -0.4 is 11.1 Å². The molecule has 0 aromatic carbocycles. The summed E-state index contributed by atoms with van der Waals surface area (Å²) < 4.78 is 0. The second-order valence-electron chi connectivity index (χ2n) is 1.79. The van der Waals surface area contributed by atoms with Gasteiger partial charge in [0.1, 0.15) is 0 Å². The lowest BCUT2D eigenvalue weighted by Crippen LogP contribution is -2.27. The first-order valence-corrected chi connectivity index (χ1v) is 2.84. The smallest absolute Gasteiger partial charge is 0.0435 e. The Bertz CT molecular complexity index is 78.6. The van der Waals surface area contributed by atoms with E-state index in [1.54, 1.807) is 0 Å². The van der Waals surface area contributed by atoms with Gasteiger partial charge in [-0.2, -0.15) is 0 Å². The summed E-state index contributed by atoms with van der Waals surface area (Å²) in [6, 6.07) is 0.111. The van der Waals surface area contributed by atoms with Gasteiger partial charge in [-0.15, -0.1) is 0 Å². The average molecular weight is 114 g/mol. The lowest BCUT2D eigenvalue weighted by molar-refractivity contribution is 0.692. The molecule has 3 N–H and O–H groups in total. The number of hydrogen-bond acceptors (Lipinski definition) is 2. The highest BCUT2D eigenvalue weighted by atomic mass is 14.9. The van der Waals surface area contributed by atoms with E-state index in [4.69, 9.17) is 5.73 Å². The first-order valence-electron chi connectivity index (χ1n) is 2.84. The Labute approximate surface area is 50.8 Å². The number of hydrogen-bond donors (Lipinski definition) is 2. The topological polar surface area (TPSA) is 38.0 Å². The van der Waals surface area contributed by atoms with E-state index in [9.17, 15) is 0 Å². The van der Waals surface area contributed by atoms with Gasteiger partial charge in [-0.3, -0.25) is 0 Å². The molecule has 2 heteroatoms. The monoisotopic (exact) mass is 114 g/mol. The zero-order valence-electron chi connectivity index (χ0n) is 5.57. The summed E-state index contributed by atoms with van der Waals surface area (Å²) in [6.07, 6.45) is 0.944. The summed E-state index contributed by atoms with van der Waals surface area (Å²) in [6.45, 7) is 5.74. The van der Waals surface area contributed by atoms with Crippen LogP contribution in [0.4, 0.5) is 0 Å². The predicted molar refractivity (Wildman–Crippen MR) is 36.5 cm³/mol. The highest BCUT2D eigenvalue weighted by Gasteiger charge is 1.98. The fourth-order valence-corrected chi connectivity index (χ4v) is 0.432. The van der Waals surface area contributed by atoms with E-state index in [2.05, 4.69) is 11.9 Å². The molecular weight excluding hydrogens is 100 g/mol. The minimum absolute atomic E-state index is 0.111. The maximum atomic E-state index is 5.56. The van der Waals surface area contributed by atoms with Crippen LogP contribution in [0, 0.1) is 0 Å². The van der Waals surface area contributed by atoms with Crippen molar-refractivity contribution < 1.29 is 0 Å². The Morgan fingerprint density at radius 1 is 1.88 bits per heavy atom. The summed E-state index contributed by atoms with van der Waals surface area (Å²) in [5, 5.41) is 2.90. The Balaban J connectivity index is 3.46. The summed E-state index contributed by atoms with van der Waals surface area (Å²) in [4.78, 5) is 0. The molecule has 1 atom stereocenters. The minimum atomic E-state index is 0.111. The van der Waals surface area contributed by atoms with Crippen LogP contribution in [0.15, 0.2) is 12.3 Å². The molecule has 0 amide bonds. The molecule has 0 saturated carbocycles. The first-order chi connectivity index (χ1) is 3.72. The molecule has 1 unspecified atom stereocenters. The van der Waals surface area contributed by atoms with Gasteiger partial charge >= 0.3 is 0 Å². The van der Waals surface area contributed by atoms with Crippen LogP contribution in [-0.4, -0.2) is 13.1 Å². The highest BCUT2D eigenvalue weighted by molar-refractivity contribution is 4.99. The summed E-state index contributed by atoms with van der Waals surface area (Å²) >= 11 is 0.